The van der Waals surface area contributed by atoms with E-state index >= 15 is 0 Å². The summed E-state index contributed by atoms with van der Waals surface area (Å²) in [6.07, 6.45) is -4.40. The van der Waals surface area contributed by atoms with Crippen LogP contribution in [0.1, 0.15) is 47.6 Å². The largest absolute Gasteiger partial charge is 0.416 e. The highest BCUT2D eigenvalue weighted by atomic mass is 32.1. The van der Waals surface area contributed by atoms with Gasteiger partial charge in [0.15, 0.2) is 0 Å². The third-order valence-electron chi connectivity index (χ3n) is 4.08. The summed E-state index contributed by atoms with van der Waals surface area (Å²) in [4.78, 5) is 25.3. The summed E-state index contributed by atoms with van der Waals surface area (Å²) in [7, 11) is 0. The van der Waals surface area contributed by atoms with E-state index in [9.17, 15) is 22.8 Å². The second kappa shape index (κ2) is 8.56. The minimum absolute atomic E-state index is 0.159. The van der Waals surface area contributed by atoms with E-state index in [1.54, 1.807) is 24.4 Å². The van der Waals surface area contributed by atoms with E-state index in [1.807, 2.05) is 13.8 Å². The fourth-order valence-corrected chi connectivity index (χ4v) is 3.13. The molecule has 0 unspecified atom stereocenters. The standard InChI is InChI=1S/C19H21F3N2O2S/c1-11(2)16(24-17(25)15-5-4-10-27-15)18(26)23-12(3)13-6-8-14(9-7-13)19(20,21)22/h4-12,16H,1-3H3,(H,23,26)(H,24,25)/t12-,16-/m0/s1. The smallest absolute Gasteiger partial charge is 0.348 e. The molecule has 0 saturated heterocycles. The molecule has 4 nitrogen and oxygen atoms in total. The van der Waals surface area contributed by atoms with Crippen molar-refractivity contribution in [3.05, 3.63) is 57.8 Å². The van der Waals surface area contributed by atoms with Crippen molar-refractivity contribution in [2.24, 2.45) is 5.92 Å². The van der Waals surface area contributed by atoms with Gasteiger partial charge in [0.25, 0.3) is 5.91 Å². The van der Waals surface area contributed by atoms with Gasteiger partial charge in [-0.15, -0.1) is 11.3 Å². The van der Waals surface area contributed by atoms with Crippen LogP contribution in [-0.4, -0.2) is 17.9 Å². The second-order valence-electron chi connectivity index (χ2n) is 6.52. The third-order valence-corrected chi connectivity index (χ3v) is 4.95. The number of carbonyl (C=O) groups excluding carboxylic acids is 2. The molecule has 2 aromatic rings. The molecule has 2 atom stereocenters. The molecule has 8 heteroatoms. The zero-order chi connectivity index (χ0) is 20.2. The van der Waals surface area contributed by atoms with Gasteiger partial charge in [0.1, 0.15) is 6.04 Å². The molecule has 146 valence electrons. The van der Waals surface area contributed by atoms with E-state index in [1.165, 1.54) is 23.5 Å². The fourth-order valence-electron chi connectivity index (χ4n) is 2.50. The third kappa shape index (κ3) is 5.56. The van der Waals surface area contributed by atoms with Crippen molar-refractivity contribution >= 4 is 23.2 Å². The number of thiophene rings is 1. The van der Waals surface area contributed by atoms with Crippen molar-refractivity contribution in [1.29, 1.82) is 0 Å². The van der Waals surface area contributed by atoms with Gasteiger partial charge in [-0.1, -0.05) is 32.0 Å². The van der Waals surface area contributed by atoms with Crippen LogP contribution < -0.4 is 10.6 Å². The number of carbonyl (C=O) groups is 2. The molecule has 27 heavy (non-hydrogen) atoms. The average Bonchev–Trinajstić information content (AvgIpc) is 3.13. The Kier molecular flexibility index (Phi) is 6.64. The van der Waals surface area contributed by atoms with Crippen molar-refractivity contribution in [2.75, 3.05) is 0 Å². The Morgan fingerprint density at radius 2 is 1.63 bits per heavy atom. The van der Waals surface area contributed by atoms with E-state index in [0.29, 0.717) is 10.4 Å². The Balaban J connectivity index is 2.04. The Bertz CT molecular complexity index is 771. The van der Waals surface area contributed by atoms with Crippen LogP contribution >= 0.6 is 11.3 Å². The predicted octanol–water partition coefficient (Wildman–Crippen LogP) is 4.40. The van der Waals surface area contributed by atoms with Crippen LogP contribution in [0, 0.1) is 5.92 Å². The number of benzene rings is 1. The number of halogens is 3. The zero-order valence-electron chi connectivity index (χ0n) is 15.1. The molecule has 2 amide bonds. The number of nitrogens with one attached hydrogen (secondary N) is 2. The molecule has 0 fully saturated rings. The highest BCUT2D eigenvalue weighted by Gasteiger charge is 2.30. The lowest BCUT2D eigenvalue weighted by molar-refractivity contribution is -0.137. The maximum atomic E-state index is 12.7. The van der Waals surface area contributed by atoms with Gasteiger partial charge in [-0.05, 0) is 42.0 Å². The van der Waals surface area contributed by atoms with Crippen LogP contribution in [0.15, 0.2) is 41.8 Å². The van der Waals surface area contributed by atoms with E-state index in [-0.39, 0.29) is 17.7 Å². The number of hydrogen-bond donors (Lipinski definition) is 2. The Labute approximate surface area is 159 Å². The van der Waals surface area contributed by atoms with E-state index < -0.39 is 23.8 Å². The lowest BCUT2D eigenvalue weighted by Crippen LogP contribution is -2.50. The molecule has 2 rings (SSSR count). The highest BCUT2D eigenvalue weighted by Crippen LogP contribution is 2.29. The summed E-state index contributed by atoms with van der Waals surface area (Å²) in [5, 5.41) is 7.24. The van der Waals surface area contributed by atoms with Gasteiger partial charge in [0.2, 0.25) is 5.91 Å². The van der Waals surface area contributed by atoms with Gasteiger partial charge in [0.05, 0.1) is 16.5 Å². The van der Waals surface area contributed by atoms with Crippen molar-refractivity contribution in [3.63, 3.8) is 0 Å². The van der Waals surface area contributed by atoms with Crippen molar-refractivity contribution in [1.82, 2.24) is 10.6 Å². The number of rotatable bonds is 6. The summed E-state index contributed by atoms with van der Waals surface area (Å²) in [5.41, 5.74) is -0.198. The van der Waals surface area contributed by atoms with Crippen LogP contribution in [0.25, 0.3) is 0 Å². The molecule has 0 radical (unpaired) electrons. The molecule has 0 aliphatic rings. The summed E-state index contributed by atoms with van der Waals surface area (Å²) in [6.45, 7) is 5.29. The minimum Gasteiger partial charge on any atom is -0.348 e. The lowest BCUT2D eigenvalue weighted by atomic mass is 10.0. The van der Waals surface area contributed by atoms with Crippen LogP contribution in [0.3, 0.4) is 0 Å². The average molecular weight is 398 g/mol. The Morgan fingerprint density at radius 3 is 2.11 bits per heavy atom. The van der Waals surface area contributed by atoms with Gasteiger partial charge in [-0.3, -0.25) is 9.59 Å². The Hall–Kier alpha value is -2.35. The maximum absolute atomic E-state index is 12.7. The van der Waals surface area contributed by atoms with Gasteiger partial charge >= 0.3 is 6.18 Å². The van der Waals surface area contributed by atoms with Gasteiger partial charge in [-0.2, -0.15) is 13.2 Å². The number of amides is 2. The molecule has 0 spiro atoms. The molecule has 0 saturated carbocycles. The maximum Gasteiger partial charge on any atom is 0.416 e. The quantitative estimate of drug-likeness (QED) is 0.758. The summed E-state index contributed by atoms with van der Waals surface area (Å²) in [6, 6.07) is 6.80. The van der Waals surface area contributed by atoms with Gasteiger partial charge in [0, 0.05) is 0 Å². The molecule has 0 aliphatic carbocycles. The molecule has 1 heterocycles. The second-order valence-corrected chi connectivity index (χ2v) is 7.47. The highest BCUT2D eigenvalue weighted by molar-refractivity contribution is 7.12. The van der Waals surface area contributed by atoms with Gasteiger partial charge in [-0.25, -0.2) is 0 Å². The van der Waals surface area contributed by atoms with Crippen LogP contribution in [0.5, 0.6) is 0 Å². The minimum atomic E-state index is -4.40. The molecular weight excluding hydrogens is 377 g/mol. The van der Waals surface area contributed by atoms with Crippen LogP contribution in [-0.2, 0) is 11.0 Å². The fraction of sp³-hybridized carbons (Fsp3) is 0.368. The SMILES string of the molecule is CC(C)[C@H](NC(=O)c1cccs1)C(=O)N[C@@H](C)c1ccc(C(F)(F)F)cc1. The molecular formula is C19H21F3N2O2S. The van der Waals surface area contributed by atoms with Crippen LogP contribution in [0.2, 0.25) is 0 Å². The number of alkyl halides is 3. The first-order valence-electron chi connectivity index (χ1n) is 8.41. The predicted molar refractivity (Wildman–Crippen MR) is 98.4 cm³/mol. The molecule has 2 N–H and O–H groups in total. The van der Waals surface area contributed by atoms with Crippen molar-refractivity contribution in [2.45, 2.75) is 39.0 Å². The lowest BCUT2D eigenvalue weighted by Gasteiger charge is -2.24. The number of hydrogen-bond acceptors (Lipinski definition) is 3. The van der Waals surface area contributed by atoms with Gasteiger partial charge < -0.3 is 10.6 Å². The van der Waals surface area contributed by atoms with Crippen LogP contribution in [0.4, 0.5) is 13.2 Å². The zero-order valence-corrected chi connectivity index (χ0v) is 15.9. The van der Waals surface area contributed by atoms with E-state index in [2.05, 4.69) is 10.6 Å². The first-order valence-corrected chi connectivity index (χ1v) is 9.29. The molecule has 0 bridgehead atoms. The van der Waals surface area contributed by atoms with Crippen molar-refractivity contribution in [3.8, 4) is 0 Å². The summed E-state index contributed by atoms with van der Waals surface area (Å²) in [5.74, 6) is -0.878. The van der Waals surface area contributed by atoms with E-state index in [0.717, 1.165) is 12.1 Å². The normalized spacial score (nSPS) is 13.9. The molecule has 1 aromatic carbocycles. The Morgan fingerprint density at radius 1 is 1.00 bits per heavy atom. The van der Waals surface area contributed by atoms with E-state index in [4.69, 9.17) is 0 Å². The topological polar surface area (TPSA) is 58.2 Å². The first kappa shape index (κ1) is 21.0. The first-order chi connectivity index (χ1) is 12.6. The molecule has 0 aliphatic heterocycles. The van der Waals surface area contributed by atoms with Crippen molar-refractivity contribution < 1.29 is 22.8 Å². The molecule has 1 aromatic heterocycles. The summed E-state index contributed by atoms with van der Waals surface area (Å²) < 4.78 is 38.0. The monoisotopic (exact) mass is 398 g/mol. The summed E-state index contributed by atoms with van der Waals surface area (Å²) >= 11 is 1.27.